The number of thioether (sulfide) groups is 1. The summed E-state index contributed by atoms with van der Waals surface area (Å²) in [7, 11) is 0. The van der Waals surface area contributed by atoms with Crippen molar-refractivity contribution in [3.8, 4) is 5.75 Å². The molecule has 144 valence electrons. The number of rotatable bonds is 5. The van der Waals surface area contributed by atoms with Crippen LogP contribution in [0.5, 0.6) is 5.75 Å². The number of aromatic hydroxyl groups is 1. The number of phenols is 1. The molecule has 4 rings (SSSR count). The van der Waals surface area contributed by atoms with Crippen LogP contribution in [0.2, 0.25) is 0 Å². The third kappa shape index (κ3) is 3.96. The summed E-state index contributed by atoms with van der Waals surface area (Å²) in [4.78, 5) is 11.7. The van der Waals surface area contributed by atoms with Gasteiger partial charge in [0.15, 0.2) is 0 Å². The zero-order valence-electron chi connectivity index (χ0n) is 15.8. The van der Waals surface area contributed by atoms with Crippen LogP contribution in [0.3, 0.4) is 0 Å². The van der Waals surface area contributed by atoms with Gasteiger partial charge in [-0.2, -0.15) is 0 Å². The van der Waals surface area contributed by atoms with Crippen LogP contribution in [0.4, 0.5) is 5.69 Å². The SMILES string of the molecule is Cc1ccc(SC(c2ccc([N+](=O)[O-])cc2)c2c(O)ccc3ccccc23)cc1. The smallest absolute Gasteiger partial charge is 0.269 e. The number of aryl methyl sites for hydroxylation is 1. The van der Waals surface area contributed by atoms with Crippen molar-refractivity contribution < 1.29 is 10.0 Å². The molecule has 1 unspecified atom stereocenters. The van der Waals surface area contributed by atoms with E-state index in [9.17, 15) is 15.2 Å². The van der Waals surface area contributed by atoms with Gasteiger partial charge in [-0.1, -0.05) is 60.2 Å². The number of phenolic OH excluding ortho intramolecular Hbond substituents is 1. The highest BCUT2D eigenvalue weighted by atomic mass is 32.2. The number of hydrogen-bond donors (Lipinski definition) is 1. The maximum absolute atomic E-state index is 11.1. The summed E-state index contributed by atoms with van der Waals surface area (Å²) in [6.45, 7) is 2.04. The number of nitro groups is 1. The molecule has 0 amide bonds. The molecule has 1 N–H and O–H groups in total. The molecule has 0 radical (unpaired) electrons. The lowest BCUT2D eigenvalue weighted by molar-refractivity contribution is -0.384. The first-order chi connectivity index (χ1) is 14.0. The lowest BCUT2D eigenvalue weighted by Crippen LogP contribution is -2.00. The minimum Gasteiger partial charge on any atom is -0.508 e. The second kappa shape index (κ2) is 7.97. The molecule has 29 heavy (non-hydrogen) atoms. The second-order valence-corrected chi connectivity index (χ2v) is 8.06. The lowest BCUT2D eigenvalue weighted by Gasteiger charge is -2.21. The van der Waals surface area contributed by atoms with Gasteiger partial charge in [-0.25, -0.2) is 0 Å². The van der Waals surface area contributed by atoms with Gasteiger partial charge in [0, 0.05) is 22.6 Å². The monoisotopic (exact) mass is 401 g/mol. The van der Waals surface area contributed by atoms with Crippen LogP contribution in [-0.4, -0.2) is 10.0 Å². The van der Waals surface area contributed by atoms with Gasteiger partial charge in [0.05, 0.1) is 10.2 Å². The van der Waals surface area contributed by atoms with Crippen LogP contribution in [-0.2, 0) is 0 Å². The zero-order valence-corrected chi connectivity index (χ0v) is 16.6. The van der Waals surface area contributed by atoms with Gasteiger partial charge < -0.3 is 5.11 Å². The third-order valence-electron chi connectivity index (χ3n) is 4.89. The number of benzene rings is 4. The summed E-state index contributed by atoms with van der Waals surface area (Å²) >= 11 is 1.62. The molecule has 4 aromatic rings. The third-order valence-corrected chi connectivity index (χ3v) is 6.18. The van der Waals surface area contributed by atoms with Gasteiger partial charge in [-0.3, -0.25) is 10.1 Å². The summed E-state index contributed by atoms with van der Waals surface area (Å²) in [6, 6.07) is 26.3. The Bertz CT molecular complexity index is 1170. The Hall–Kier alpha value is -3.31. The number of hydrogen-bond acceptors (Lipinski definition) is 4. The van der Waals surface area contributed by atoms with Crippen molar-refractivity contribution >= 4 is 28.2 Å². The van der Waals surface area contributed by atoms with Crippen molar-refractivity contribution in [3.05, 3.63) is 112 Å². The van der Waals surface area contributed by atoms with Gasteiger partial charge in [0.2, 0.25) is 0 Å². The summed E-state index contributed by atoms with van der Waals surface area (Å²) < 4.78 is 0. The molecule has 0 saturated carbocycles. The van der Waals surface area contributed by atoms with Crippen LogP contribution in [0.25, 0.3) is 10.8 Å². The molecular formula is C24H19NO3S. The number of non-ortho nitro benzene ring substituents is 1. The fourth-order valence-corrected chi connectivity index (χ4v) is 4.60. The number of fused-ring (bicyclic) bond motifs is 1. The topological polar surface area (TPSA) is 63.4 Å². The minimum atomic E-state index is -0.401. The van der Waals surface area contributed by atoms with E-state index in [0.29, 0.717) is 0 Å². The zero-order chi connectivity index (χ0) is 20.4. The molecule has 0 aromatic heterocycles. The Labute approximate surface area is 173 Å². The Balaban J connectivity index is 1.87. The maximum atomic E-state index is 11.1. The fourth-order valence-electron chi connectivity index (χ4n) is 3.38. The quantitative estimate of drug-likeness (QED) is 0.231. The summed E-state index contributed by atoms with van der Waals surface area (Å²) in [5, 5.41) is 23.6. The van der Waals surface area contributed by atoms with Gasteiger partial charge >= 0.3 is 0 Å². The molecule has 5 heteroatoms. The molecular weight excluding hydrogens is 382 g/mol. The number of nitrogens with zero attached hydrogens (tertiary/aromatic N) is 1. The Morgan fingerprint density at radius 3 is 2.28 bits per heavy atom. The first-order valence-electron chi connectivity index (χ1n) is 9.21. The van der Waals surface area contributed by atoms with E-state index in [1.165, 1.54) is 17.7 Å². The molecule has 0 bridgehead atoms. The summed E-state index contributed by atoms with van der Waals surface area (Å²) in [5.74, 6) is 0.215. The van der Waals surface area contributed by atoms with E-state index in [-0.39, 0.29) is 16.7 Å². The van der Waals surface area contributed by atoms with E-state index in [1.807, 2.05) is 37.3 Å². The molecule has 0 spiro atoms. The Morgan fingerprint density at radius 1 is 0.897 bits per heavy atom. The van der Waals surface area contributed by atoms with Crippen molar-refractivity contribution in [2.45, 2.75) is 17.1 Å². The summed E-state index contributed by atoms with van der Waals surface area (Å²) in [5.41, 5.74) is 2.93. The molecule has 0 aliphatic carbocycles. The maximum Gasteiger partial charge on any atom is 0.269 e. The molecule has 0 fully saturated rings. The molecule has 0 saturated heterocycles. The lowest BCUT2D eigenvalue weighted by atomic mass is 9.97. The number of nitro benzene ring substituents is 1. The van der Waals surface area contributed by atoms with E-state index in [2.05, 4.69) is 24.3 Å². The van der Waals surface area contributed by atoms with E-state index in [1.54, 1.807) is 30.0 Å². The van der Waals surface area contributed by atoms with Gasteiger partial charge in [0.25, 0.3) is 5.69 Å². The molecule has 4 nitrogen and oxygen atoms in total. The highest BCUT2D eigenvalue weighted by Crippen LogP contribution is 2.46. The van der Waals surface area contributed by atoms with Crippen LogP contribution < -0.4 is 0 Å². The van der Waals surface area contributed by atoms with Crippen LogP contribution in [0, 0.1) is 17.0 Å². The minimum absolute atomic E-state index is 0.0509. The molecule has 0 heterocycles. The standard InChI is InChI=1S/C24H19NO3S/c1-16-6-13-20(14-7-16)29-24(18-8-11-19(12-9-18)25(27)28)23-21-5-3-2-4-17(21)10-15-22(23)26/h2-15,24,26H,1H3. The van der Waals surface area contributed by atoms with E-state index < -0.39 is 4.92 Å². The molecule has 0 aliphatic heterocycles. The van der Waals surface area contributed by atoms with E-state index >= 15 is 0 Å². The van der Waals surface area contributed by atoms with Gasteiger partial charge in [0.1, 0.15) is 5.75 Å². The van der Waals surface area contributed by atoms with Crippen LogP contribution >= 0.6 is 11.8 Å². The van der Waals surface area contributed by atoms with Crippen molar-refractivity contribution in [2.75, 3.05) is 0 Å². The van der Waals surface area contributed by atoms with E-state index in [4.69, 9.17) is 0 Å². The van der Waals surface area contributed by atoms with Crippen molar-refractivity contribution in [1.29, 1.82) is 0 Å². The fraction of sp³-hybridized carbons (Fsp3) is 0.0833. The normalized spacial score (nSPS) is 12.0. The second-order valence-electron chi connectivity index (χ2n) is 6.88. The highest BCUT2D eigenvalue weighted by Gasteiger charge is 2.22. The Morgan fingerprint density at radius 2 is 1.59 bits per heavy atom. The predicted octanol–water partition coefficient (Wildman–Crippen LogP) is 6.64. The summed E-state index contributed by atoms with van der Waals surface area (Å²) in [6.07, 6.45) is 0. The molecule has 0 aliphatic rings. The van der Waals surface area contributed by atoms with Crippen molar-refractivity contribution in [3.63, 3.8) is 0 Å². The van der Waals surface area contributed by atoms with Gasteiger partial charge in [-0.05, 0) is 41.5 Å². The highest BCUT2D eigenvalue weighted by molar-refractivity contribution is 7.99. The first kappa shape index (κ1) is 19.0. The predicted molar refractivity (Wildman–Crippen MR) is 118 cm³/mol. The molecule has 4 aromatic carbocycles. The Kier molecular flexibility index (Phi) is 5.23. The van der Waals surface area contributed by atoms with Gasteiger partial charge in [-0.15, -0.1) is 11.8 Å². The van der Waals surface area contributed by atoms with Crippen LogP contribution in [0.15, 0.2) is 89.8 Å². The largest absolute Gasteiger partial charge is 0.508 e. The van der Waals surface area contributed by atoms with E-state index in [0.717, 1.165) is 26.8 Å². The first-order valence-corrected chi connectivity index (χ1v) is 10.1. The van der Waals surface area contributed by atoms with Crippen molar-refractivity contribution in [1.82, 2.24) is 0 Å². The average Bonchev–Trinajstić information content (AvgIpc) is 2.74. The van der Waals surface area contributed by atoms with Crippen molar-refractivity contribution in [2.24, 2.45) is 0 Å². The molecule has 1 atom stereocenters. The average molecular weight is 401 g/mol. The van der Waals surface area contributed by atoms with Crippen LogP contribution in [0.1, 0.15) is 21.9 Å².